The predicted octanol–water partition coefficient (Wildman–Crippen LogP) is 3.63. The molecule has 3 rings (SSSR count). The zero-order valence-electron chi connectivity index (χ0n) is 21.7. The molecule has 1 aromatic rings. The van der Waals surface area contributed by atoms with Crippen molar-refractivity contribution in [2.24, 2.45) is 0 Å². The average Bonchev–Trinajstić information content (AvgIpc) is 3.32. The van der Waals surface area contributed by atoms with E-state index in [2.05, 4.69) is 11.9 Å². The van der Waals surface area contributed by atoms with Crippen molar-refractivity contribution >= 4 is 23.7 Å². The fourth-order valence-electron chi connectivity index (χ4n) is 4.17. The lowest BCUT2D eigenvalue weighted by Crippen LogP contribution is -2.37. The minimum atomic E-state index is -0.416. The van der Waals surface area contributed by atoms with Gasteiger partial charge in [-0.15, -0.1) is 0 Å². The Morgan fingerprint density at radius 3 is 2.62 bits per heavy atom. The van der Waals surface area contributed by atoms with Crippen LogP contribution in [0.15, 0.2) is 48.2 Å². The van der Waals surface area contributed by atoms with Crippen molar-refractivity contribution in [2.45, 2.75) is 32.7 Å². The molecule has 2 aliphatic rings. The lowest BCUT2D eigenvalue weighted by Gasteiger charge is -2.29. The normalized spacial score (nSPS) is 15.5. The molecule has 198 valence electrons. The highest BCUT2D eigenvalue weighted by Crippen LogP contribution is 2.28. The molecule has 0 saturated carbocycles. The predicted molar refractivity (Wildman–Crippen MR) is 141 cm³/mol. The molecule has 10 nitrogen and oxygen atoms in total. The van der Waals surface area contributed by atoms with Crippen LogP contribution in [-0.2, 0) is 22.4 Å². The van der Waals surface area contributed by atoms with E-state index in [1.54, 1.807) is 41.2 Å². The Morgan fingerprint density at radius 1 is 1.16 bits per heavy atom. The summed E-state index contributed by atoms with van der Waals surface area (Å²) in [6, 6.07) is 3.58. The number of ether oxygens (including phenoxy) is 3. The Kier molecular flexibility index (Phi) is 9.62. The van der Waals surface area contributed by atoms with Crippen LogP contribution in [0.2, 0.25) is 0 Å². The second kappa shape index (κ2) is 12.9. The summed E-state index contributed by atoms with van der Waals surface area (Å²) in [4.78, 5) is 28.7. The van der Waals surface area contributed by atoms with Gasteiger partial charge in [-0.2, -0.15) is 0 Å². The number of hydrogen-bond donors (Lipinski definition) is 3. The second-order valence-electron chi connectivity index (χ2n) is 8.84. The molecule has 2 heterocycles. The van der Waals surface area contributed by atoms with E-state index in [-0.39, 0.29) is 12.5 Å². The van der Waals surface area contributed by atoms with Crippen LogP contribution >= 0.6 is 0 Å². The van der Waals surface area contributed by atoms with Crippen LogP contribution < -0.4 is 10.1 Å². The molecule has 0 aromatic heterocycles. The molecule has 10 heteroatoms. The molecule has 0 bridgehead atoms. The average molecular weight is 510 g/mol. The van der Waals surface area contributed by atoms with Crippen molar-refractivity contribution in [1.82, 2.24) is 15.1 Å². The minimum Gasteiger partial charge on any atom is -0.496 e. The van der Waals surface area contributed by atoms with E-state index in [1.807, 2.05) is 13.0 Å². The molecule has 0 radical (unpaired) electrons. The smallest absolute Gasteiger partial charge is 0.410 e. The van der Waals surface area contributed by atoms with Gasteiger partial charge < -0.3 is 29.3 Å². The molecule has 37 heavy (non-hydrogen) atoms. The Balaban J connectivity index is 1.64. The monoisotopic (exact) mass is 509 g/mol. The quantitative estimate of drug-likeness (QED) is 0.202. The summed E-state index contributed by atoms with van der Waals surface area (Å²) in [6.07, 6.45) is 6.90. The maximum absolute atomic E-state index is 13.0. The standard InChI is InChI=1S/C27H35N5O5/c1-18(25(29)32-11-6-9-24(32)28)7-5-8-19(2)30-26(33)22-15-21-17-31(27(34)37-14-13-35-3)12-10-20(21)16-23(22)36-4/h5,7-8,15-16,28-29H,2,6,9-14,17H2,1,3-4H3,(H,30,33)/b8-5-,18-7+,28-24?,29-25?. The third-order valence-electron chi connectivity index (χ3n) is 6.23. The molecule has 0 atom stereocenters. The maximum Gasteiger partial charge on any atom is 0.410 e. The summed E-state index contributed by atoms with van der Waals surface area (Å²) in [5.74, 6) is 0.829. The molecule has 1 fully saturated rings. The van der Waals surface area contributed by atoms with Gasteiger partial charge in [-0.1, -0.05) is 18.7 Å². The number of rotatable bonds is 9. The Morgan fingerprint density at radius 2 is 1.95 bits per heavy atom. The first-order valence-corrected chi connectivity index (χ1v) is 12.1. The van der Waals surface area contributed by atoms with Gasteiger partial charge in [0.15, 0.2) is 0 Å². The lowest BCUT2D eigenvalue weighted by atomic mass is 9.96. The summed E-state index contributed by atoms with van der Waals surface area (Å²) in [5, 5.41) is 19.0. The first-order chi connectivity index (χ1) is 17.7. The van der Waals surface area contributed by atoms with E-state index >= 15 is 0 Å². The first kappa shape index (κ1) is 27.7. The van der Waals surface area contributed by atoms with E-state index in [9.17, 15) is 9.59 Å². The van der Waals surface area contributed by atoms with Gasteiger partial charge in [-0.05, 0) is 54.7 Å². The molecule has 0 unspecified atom stereocenters. The van der Waals surface area contributed by atoms with Crippen molar-refractivity contribution in [2.75, 3.05) is 40.5 Å². The van der Waals surface area contributed by atoms with Gasteiger partial charge in [-0.25, -0.2) is 4.79 Å². The van der Waals surface area contributed by atoms with Crippen molar-refractivity contribution < 1.29 is 23.8 Å². The summed E-state index contributed by atoms with van der Waals surface area (Å²) in [5.41, 5.74) is 3.29. The molecule has 1 aromatic carbocycles. The van der Waals surface area contributed by atoms with Gasteiger partial charge in [0.2, 0.25) is 0 Å². The summed E-state index contributed by atoms with van der Waals surface area (Å²) < 4.78 is 15.6. The van der Waals surface area contributed by atoms with Gasteiger partial charge in [0, 0.05) is 38.9 Å². The third kappa shape index (κ3) is 7.07. The topological polar surface area (TPSA) is 128 Å². The van der Waals surface area contributed by atoms with Crippen molar-refractivity contribution in [3.05, 3.63) is 64.9 Å². The highest BCUT2D eigenvalue weighted by molar-refractivity contribution is 6.07. The number of amidine groups is 2. The van der Waals surface area contributed by atoms with E-state index in [1.165, 1.54) is 7.11 Å². The highest BCUT2D eigenvalue weighted by Gasteiger charge is 2.25. The van der Waals surface area contributed by atoms with Crippen molar-refractivity contribution in [3.8, 4) is 5.75 Å². The Labute approximate surface area is 217 Å². The Bertz CT molecular complexity index is 1140. The number of likely N-dealkylation sites (tertiary alicyclic amines) is 1. The highest BCUT2D eigenvalue weighted by atomic mass is 16.6. The number of nitrogens with zero attached hydrogens (tertiary/aromatic N) is 2. The van der Waals surface area contributed by atoms with E-state index in [4.69, 9.17) is 25.0 Å². The second-order valence-corrected chi connectivity index (χ2v) is 8.84. The van der Waals surface area contributed by atoms with Crippen molar-refractivity contribution in [1.29, 1.82) is 10.8 Å². The maximum atomic E-state index is 13.0. The van der Waals surface area contributed by atoms with Gasteiger partial charge in [0.1, 0.15) is 24.0 Å². The fraction of sp³-hybridized carbons (Fsp3) is 0.407. The molecule has 3 N–H and O–H groups in total. The first-order valence-electron chi connectivity index (χ1n) is 12.1. The van der Waals surface area contributed by atoms with Crippen LogP contribution in [0.25, 0.3) is 0 Å². The zero-order chi connectivity index (χ0) is 26.9. The fourth-order valence-corrected chi connectivity index (χ4v) is 4.17. The molecule has 2 aliphatic heterocycles. The van der Waals surface area contributed by atoms with E-state index in [0.29, 0.717) is 73.3 Å². The number of fused-ring (bicyclic) bond motifs is 1. The number of carbonyl (C=O) groups is 2. The molecule has 0 spiro atoms. The number of methoxy groups -OCH3 is 2. The van der Waals surface area contributed by atoms with E-state index < -0.39 is 6.09 Å². The van der Waals surface area contributed by atoms with Crippen LogP contribution in [0.4, 0.5) is 4.79 Å². The number of allylic oxidation sites excluding steroid dienone is 3. The summed E-state index contributed by atoms with van der Waals surface area (Å²) >= 11 is 0. The SMILES string of the molecule is C=C(/C=C\C=C(/C)C(=N)N1CCCC1=N)NC(=O)c1cc2c(cc1OC)CCN(C(=O)OCCOC)C2. The van der Waals surface area contributed by atoms with Crippen LogP contribution in [-0.4, -0.2) is 74.0 Å². The number of nitrogens with one attached hydrogen (secondary N) is 3. The van der Waals surface area contributed by atoms with Gasteiger partial charge in [-0.3, -0.25) is 15.6 Å². The van der Waals surface area contributed by atoms with E-state index in [0.717, 1.165) is 17.5 Å². The number of benzene rings is 1. The number of amides is 2. The lowest BCUT2D eigenvalue weighted by molar-refractivity contribution is 0.0688. The Hall–Kier alpha value is -3.92. The minimum absolute atomic E-state index is 0.183. The summed E-state index contributed by atoms with van der Waals surface area (Å²) in [7, 11) is 3.06. The van der Waals surface area contributed by atoms with Crippen LogP contribution in [0.5, 0.6) is 5.75 Å². The van der Waals surface area contributed by atoms with Crippen LogP contribution in [0, 0.1) is 10.8 Å². The van der Waals surface area contributed by atoms with Gasteiger partial charge in [0.25, 0.3) is 5.91 Å². The number of hydrogen-bond acceptors (Lipinski definition) is 7. The number of carbonyl (C=O) groups excluding carboxylic acids is 2. The molecule has 2 amide bonds. The zero-order valence-corrected chi connectivity index (χ0v) is 21.7. The molecule has 1 saturated heterocycles. The van der Waals surface area contributed by atoms with Gasteiger partial charge in [0.05, 0.1) is 19.3 Å². The largest absolute Gasteiger partial charge is 0.496 e. The van der Waals surface area contributed by atoms with Crippen LogP contribution in [0.1, 0.15) is 41.3 Å². The summed E-state index contributed by atoms with van der Waals surface area (Å²) in [6.45, 7) is 7.75. The molecule has 0 aliphatic carbocycles. The van der Waals surface area contributed by atoms with Crippen molar-refractivity contribution in [3.63, 3.8) is 0 Å². The third-order valence-corrected chi connectivity index (χ3v) is 6.23. The van der Waals surface area contributed by atoms with Gasteiger partial charge >= 0.3 is 6.09 Å². The molecular formula is C27H35N5O5. The van der Waals surface area contributed by atoms with Crippen LogP contribution in [0.3, 0.4) is 0 Å². The molecular weight excluding hydrogens is 474 g/mol.